The Hall–Kier alpha value is -1.11. The second-order valence-electron chi connectivity index (χ2n) is 6.55. The van der Waals surface area contributed by atoms with Crippen molar-refractivity contribution in [2.45, 2.75) is 44.0 Å². The summed E-state index contributed by atoms with van der Waals surface area (Å²) >= 11 is 0. The molecular weight excluding hydrogens is 312 g/mol. The first-order chi connectivity index (χ1) is 10.9. The van der Waals surface area contributed by atoms with Gasteiger partial charge in [-0.3, -0.25) is 4.90 Å². The highest BCUT2D eigenvalue weighted by Crippen LogP contribution is 2.19. The average molecular weight is 340 g/mol. The Labute approximate surface area is 140 Å². The van der Waals surface area contributed by atoms with E-state index in [4.69, 9.17) is 4.74 Å². The van der Waals surface area contributed by atoms with Crippen molar-refractivity contribution in [3.05, 3.63) is 24.3 Å². The fraction of sp³-hybridized carbons (Fsp3) is 0.647. The quantitative estimate of drug-likeness (QED) is 0.790. The molecule has 0 bridgehead atoms. The summed E-state index contributed by atoms with van der Waals surface area (Å²) in [6.07, 6.45) is 3.42. The van der Waals surface area contributed by atoms with Crippen LogP contribution in [0.1, 0.15) is 33.1 Å². The van der Waals surface area contributed by atoms with Crippen LogP contribution in [-0.4, -0.2) is 46.1 Å². The Morgan fingerprint density at radius 1 is 1.17 bits per heavy atom. The van der Waals surface area contributed by atoms with Gasteiger partial charge in [-0.15, -0.1) is 0 Å². The van der Waals surface area contributed by atoms with Crippen LogP contribution in [0.5, 0.6) is 5.75 Å². The van der Waals surface area contributed by atoms with Crippen LogP contribution >= 0.6 is 0 Å². The van der Waals surface area contributed by atoms with Gasteiger partial charge in [0.15, 0.2) is 0 Å². The Kier molecular flexibility index (Phi) is 6.44. The molecule has 23 heavy (non-hydrogen) atoms. The van der Waals surface area contributed by atoms with Crippen molar-refractivity contribution in [1.82, 2.24) is 9.62 Å². The SMILES string of the molecule is COc1ccc(S(=O)(=O)NCC(CC(C)C)N2CCCC2)cc1. The third-order valence-corrected chi connectivity index (χ3v) is 5.72. The topological polar surface area (TPSA) is 58.6 Å². The third-order valence-electron chi connectivity index (χ3n) is 4.28. The van der Waals surface area contributed by atoms with Crippen molar-refractivity contribution < 1.29 is 13.2 Å². The molecule has 1 aromatic carbocycles. The first kappa shape index (κ1) is 18.2. The summed E-state index contributed by atoms with van der Waals surface area (Å²) < 4.78 is 32.8. The zero-order chi connectivity index (χ0) is 16.9. The summed E-state index contributed by atoms with van der Waals surface area (Å²) in [5.74, 6) is 1.20. The van der Waals surface area contributed by atoms with E-state index in [0.717, 1.165) is 19.5 Å². The molecule has 0 radical (unpaired) electrons. The van der Waals surface area contributed by atoms with Crippen LogP contribution < -0.4 is 9.46 Å². The Morgan fingerprint density at radius 2 is 1.78 bits per heavy atom. The molecule has 0 amide bonds. The minimum atomic E-state index is -3.48. The molecule has 2 rings (SSSR count). The molecule has 1 fully saturated rings. The van der Waals surface area contributed by atoms with Gasteiger partial charge in [-0.05, 0) is 62.5 Å². The fourth-order valence-electron chi connectivity index (χ4n) is 3.06. The second kappa shape index (κ2) is 8.13. The van der Waals surface area contributed by atoms with Gasteiger partial charge in [0, 0.05) is 12.6 Å². The number of nitrogens with zero attached hydrogens (tertiary/aromatic N) is 1. The van der Waals surface area contributed by atoms with Crippen LogP contribution in [0.15, 0.2) is 29.2 Å². The fourth-order valence-corrected chi connectivity index (χ4v) is 4.13. The lowest BCUT2D eigenvalue weighted by molar-refractivity contribution is 0.214. The third kappa shape index (κ3) is 5.19. The Balaban J connectivity index is 2.02. The lowest BCUT2D eigenvalue weighted by atomic mass is 10.0. The van der Waals surface area contributed by atoms with Gasteiger partial charge >= 0.3 is 0 Å². The predicted octanol–water partition coefficient (Wildman–Crippen LogP) is 2.48. The number of nitrogens with one attached hydrogen (secondary N) is 1. The number of likely N-dealkylation sites (tertiary alicyclic amines) is 1. The molecule has 1 aromatic rings. The Morgan fingerprint density at radius 3 is 2.30 bits per heavy atom. The van der Waals surface area contributed by atoms with Crippen LogP contribution in [0.4, 0.5) is 0 Å². The van der Waals surface area contributed by atoms with E-state index in [2.05, 4.69) is 23.5 Å². The van der Waals surface area contributed by atoms with Crippen LogP contribution in [0, 0.1) is 5.92 Å². The van der Waals surface area contributed by atoms with Crippen molar-refractivity contribution >= 4 is 10.0 Å². The molecule has 0 saturated carbocycles. The first-order valence-electron chi connectivity index (χ1n) is 8.30. The Bertz CT molecular complexity index is 578. The van der Waals surface area contributed by atoms with Gasteiger partial charge in [0.25, 0.3) is 0 Å². The minimum absolute atomic E-state index is 0.269. The molecular formula is C17H28N2O3S. The van der Waals surface area contributed by atoms with Gasteiger partial charge in [-0.1, -0.05) is 13.8 Å². The maximum absolute atomic E-state index is 12.5. The minimum Gasteiger partial charge on any atom is -0.497 e. The molecule has 1 aliphatic heterocycles. The van der Waals surface area contributed by atoms with Crippen LogP contribution in [0.3, 0.4) is 0 Å². The molecule has 0 aromatic heterocycles. The summed E-state index contributed by atoms with van der Waals surface area (Å²) in [5.41, 5.74) is 0. The largest absolute Gasteiger partial charge is 0.497 e. The zero-order valence-electron chi connectivity index (χ0n) is 14.3. The van der Waals surface area contributed by atoms with Crippen molar-refractivity contribution in [3.63, 3.8) is 0 Å². The maximum Gasteiger partial charge on any atom is 0.240 e. The van der Waals surface area contributed by atoms with E-state index >= 15 is 0 Å². The van der Waals surface area contributed by atoms with Crippen molar-refractivity contribution in [2.24, 2.45) is 5.92 Å². The van der Waals surface area contributed by atoms with Crippen molar-refractivity contribution in [2.75, 3.05) is 26.7 Å². The summed E-state index contributed by atoms with van der Waals surface area (Å²) in [5, 5.41) is 0. The molecule has 5 nitrogen and oxygen atoms in total. The number of ether oxygens (including phenoxy) is 1. The highest BCUT2D eigenvalue weighted by atomic mass is 32.2. The van der Waals surface area contributed by atoms with Crippen LogP contribution in [-0.2, 0) is 10.0 Å². The summed E-state index contributed by atoms with van der Waals surface area (Å²) in [6, 6.07) is 6.76. The van der Waals surface area contributed by atoms with E-state index in [-0.39, 0.29) is 10.9 Å². The zero-order valence-corrected chi connectivity index (χ0v) is 15.1. The van der Waals surface area contributed by atoms with E-state index < -0.39 is 10.0 Å². The van der Waals surface area contributed by atoms with E-state index in [1.807, 2.05) is 0 Å². The number of sulfonamides is 1. The van der Waals surface area contributed by atoms with Gasteiger partial charge in [-0.2, -0.15) is 0 Å². The molecule has 1 heterocycles. The molecule has 1 saturated heterocycles. The second-order valence-corrected chi connectivity index (χ2v) is 8.32. The van der Waals surface area contributed by atoms with Crippen molar-refractivity contribution in [3.8, 4) is 5.75 Å². The molecule has 1 unspecified atom stereocenters. The number of methoxy groups -OCH3 is 1. The standard InChI is InChI=1S/C17H28N2O3S/c1-14(2)12-15(19-10-4-5-11-19)13-18-23(20,21)17-8-6-16(22-3)7-9-17/h6-9,14-15,18H,4-5,10-13H2,1-3H3. The number of rotatable bonds is 8. The van der Waals surface area contributed by atoms with Crippen LogP contribution in [0.25, 0.3) is 0 Å². The molecule has 0 aliphatic carbocycles. The number of benzene rings is 1. The van der Waals surface area contributed by atoms with Gasteiger partial charge in [-0.25, -0.2) is 13.1 Å². The van der Waals surface area contributed by atoms with Crippen LogP contribution in [0.2, 0.25) is 0 Å². The van der Waals surface area contributed by atoms with E-state index in [0.29, 0.717) is 18.2 Å². The summed E-state index contributed by atoms with van der Waals surface area (Å²) in [7, 11) is -1.91. The van der Waals surface area contributed by atoms with E-state index in [9.17, 15) is 8.42 Å². The highest BCUT2D eigenvalue weighted by Gasteiger charge is 2.24. The molecule has 130 valence electrons. The average Bonchev–Trinajstić information content (AvgIpc) is 3.05. The van der Waals surface area contributed by atoms with Gasteiger partial charge in [0.2, 0.25) is 10.0 Å². The summed E-state index contributed by atoms with van der Waals surface area (Å²) in [6.45, 7) is 6.97. The predicted molar refractivity (Wildman–Crippen MR) is 92.2 cm³/mol. The normalized spacial score (nSPS) is 17.6. The number of hydrogen-bond donors (Lipinski definition) is 1. The van der Waals surface area contributed by atoms with Gasteiger partial charge in [0.05, 0.1) is 12.0 Å². The molecule has 1 aliphatic rings. The highest BCUT2D eigenvalue weighted by molar-refractivity contribution is 7.89. The van der Waals surface area contributed by atoms with Crippen molar-refractivity contribution in [1.29, 1.82) is 0 Å². The molecule has 1 atom stereocenters. The van der Waals surface area contributed by atoms with E-state index in [1.54, 1.807) is 31.4 Å². The van der Waals surface area contributed by atoms with E-state index in [1.165, 1.54) is 12.8 Å². The summed E-state index contributed by atoms with van der Waals surface area (Å²) in [4.78, 5) is 2.69. The molecule has 6 heteroatoms. The van der Waals surface area contributed by atoms with Gasteiger partial charge < -0.3 is 4.74 Å². The lowest BCUT2D eigenvalue weighted by Gasteiger charge is -2.29. The molecule has 1 N–H and O–H groups in total. The lowest BCUT2D eigenvalue weighted by Crippen LogP contribution is -2.43. The first-order valence-corrected chi connectivity index (χ1v) is 9.78. The number of hydrogen-bond acceptors (Lipinski definition) is 4. The van der Waals surface area contributed by atoms with Gasteiger partial charge in [0.1, 0.15) is 5.75 Å². The molecule has 0 spiro atoms. The monoisotopic (exact) mass is 340 g/mol. The smallest absolute Gasteiger partial charge is 0.240 e. The maximum atomic E-state index is 12.5.